The zero-order chi connectivity index (χ0) is 16.4. The molecule has 2 unspecified atom stereocenters. The van der Waals surface area contributed by atoms with Gasteiger partial charge in [-0.15, -0.1) is 0 Å². The summed E-state index contributed by atoms with van der Waals surface area (Å²) < 4.78 is 17.7. The fraction of sp³-hybridized carbons (Fsp3) is 0.941. The molecule has 2 bridgehead atoms. The maximum Gasteiger partial charge on any atom is 0.304 e. The van der Waals surface area contributed by atoms with E-state index in [-0.39, 0.29) is 17.8 Å². The van der Waals surface area contributed by atoms with Crippen molar-refractivity contribution >= 4 is 5.97 Å². The zero-order valence-corrected chi connectivity index (χ0v) is 14.2. The van der Waals surface area contributed by atoms with Gasteiger partial charge in [-0.05, 0) is 38.0 Å². The van der Waals surface area contributed by atoms with Crippen LogP contribution in [0.2, 0.25) is 0 Å². The zero-order valence-electron chi connectivity index (χ0n) is 14.2. The molecule has 6 heteroatoms. The summed E-state index contributed by atoms with van der Waals surface area (Å²) >= 11 is 0. The molecule has 8 atom stereocenters. The Morgan fingerprint density at radius 2 is 1.91 bits per heavy atom. The van der Waals surface area contributed by atoms with Crippen molar-refractivity contribution in [1.82, 2.24) is 0 Å². The molecular formula is C17H26O6. The second-order valence-electron chi connectivity index (χ2n) is 7.88. The van der Waals surface area contributed by atoms with Gasteiger partial charge < -0.3 is 14.2 Å². The predicted octanol–water partition coefficient (Wildman–Crippen LogP) is 2.76. The van der Waals surface area contributed by atoms with Gasteiger partial charge in [-0.2, -0.15) is 0 Å². The van der Waals surface area contributed by atoms with Gasteiger partial charge in [-0.25, -0.2) is 9.78 Å². The van der Waals surface area contributed by atoms with Crippen LogP contribution in [0.5, 0.6) is 0 Å². The van der Waals surface area contributed by atoms with Crippen molar-refractivity contribution in [2.75, 3.05) is 0 Å². The molecule has 1 saturated carbocycles. The molecular weight excluding hydrogens is 300 g/mol. The average Bonchev–Trinajstić information content (AvgIpc) is 2.70. The van der Waals surface area contributed by atoms with Crippen LogP contribution >= 0.6 is 0 Å². The Balaban J connectivity index is 1.74. The lowest BCUT2D eigenvalue weighted by molar-refractivity contribution is -0.576. The number of ether oxygens (including phenoxy) is 3. The smallest absolute Gasteiger partial charge is 0.304 e. The number of hydrogen-bond donors (Lipinski definition) is 0. The molecule has 0 radical (unpaired) electrons. The SMILES string of the molecule is CC(=O)OC1O[C@@H]2O[C@]3(C)CC[C@H]4[C@H](C)CCC([C@H]1C)[C@@]24OO3. The van der Waals surface area contributed by atoms with Crippen LogP contribution < -0.4 is 0 Å². The molecule has 0 aromatic carbocycles. The number of rotatable bonds is 1. The van der Waals surface area contributed by atoms with E-state index in [1.807, 2.05) is 6.92 Å². The standard InChI is InChI=1S/C17H26O6/c1-9-5-6-13-10(2)14(19-11(3)18)20-15-17(13)12(9)7-8-16(4,21-15)22-23-17/h9-10,12-15H,5-8H2,1-4H3/t9-,10-,12+,13?,14?,15-,16+,17-/m1/s1. The van der Waals surface area contributed by atoms with Crippen molar-refractivity contribution in [3.8, 4) is 0 Å². The van der Waals surface area contributed by atoms with Gasteiger partial charge >= 0.3 is 5.97 Å². The summed E-state index contributed by atoms with van der Waals surface area (Å²) in [4.78, 5) is 23.2. The van der Waals surface area contributed by atoms with Crippen molar-refractivity contribution in [2.24, 2.45) is 23.7 Å². The van der Waals surface area contributed by atoms with Crippen LogP contribution in [-0.2, 0) is 28.8 Å². The highest BCUT2D eigenvalue weighted by molar-refractivity contribution is 5.66. The summed E-state index contributed by atoms with van der Waals surface area (Å²) in [6, 6.07) is 0. The number of fused-ring (bicyclic) bond motifs is 2. The molecule has 130 valence electrons. The van der Waals surface area contributed by atoms with E-state index in [0.717, 1.165) is 25.7 Å². The first-order valence-electron chi connectivity index (χ1n) is 8.73. The molecule has 4 aliphatic heterocycles. The van der Waals surface area contributed by atoms with E-state index in [0.29, 0.717) is 11.8 Å². The lowest BCUT2D eigenvalue weighted by Crippen LogP contribution is -2.70. The molecule has 4 heterocycles. The largest absolute Gasteiger partial charge is 0.436 e. The van der Waals surface area contributed by atoms with Gasteiger partial charge in [0.2, 0.25) is 12.1 Å². The van der Waals surface area contributed by atoms with Crippen molar-refractivity contribution < 1.29 is 28.8 Å². The second kappa shape index (κ2) is 5.15. The first-order valence-corrected chi connectivity index (χ1v) is 8.73. The summed E-state index contributed by atoms with van der Waals surface area (Å²) in [5.41, 5.74) is -0.594. The van der Waals surface area contributed by atoms with E-state index >= 15 is 0 Å². The first kappa shape index (κ1) is 15.8. The molecule has 5 rings (SSSR count). The molecule has 23 heavy (non-hydrogen) atoms. The van der Waals surface area contributed by atoms with E-state index in [1.165, 1.54) is 6.92 Å². The molecule has 0 aromatic heterocycles. The fourth-order valence-electron chi connectivity index (χ4n) is 5.17. The number of carbonyl (C=O) groups excluding carboxylic acids is 1. The molecule has 0 N–H and O–H groups in total. The third kappa shape index (κ3) is 2.18. The topological polar surface area (TPSA) is 63.2 Å². The van der Waals surface area contributed by atoms with E-state index in [9.17, 15) is 4.79 Å². The van der Waals surface area contributed by atoms with Crippen molar-refractivity contribution in [3.05, 3.63) is 0 Å². The van der Waals surface area contributed by atoms with Crippen LogP contribution in [0.1, 0.15) is 53.4 Å². The third-order valence-electron chi connectivity index (χ3n) is 6.38. The normalized spacial score (nSPS) is 55.0. The monoisotopic (exact) mass is 326 g/mol. The number of esters is 1. The molecule has 5 aliphatic rings. The van der Waals surface area contributed by atoms with E-state index < -0.39 is 24.0 Å². The minimum atomic E-state index is -0.793. The van der Waals surface area contributed by atoms with Crippen molar-refractivity contribution in [2.45, 2.75) is 77.3 Å². The number of carbonyl (C=O) groups is 1. The van der Waals surface area contributed by atoms with Gasteiger partial charge in [0, 0.05) is 25.2 Å². The Kier molecular flexibility index (Phi) is 3.54. The molecule has 1 spiro atoms. The predicted molar refractivity (Wildman–Crippen MR) is 78.6 cm³/mol. The number of hydrogen-bond acceptors (Lipinski definition) is 6. The maximum absolute atomic E-state index is 11.4. The lowest BCUT2D eigenvalue weighted by Gasteiger charge is -2.59. The lowest BCUT2D eigenvalue weighted by atomic mass is 9.58. The van der Waals surface area contributed by atoms with Gasteiger partial charge in [0.1, 0.15) is 0 Å². The van der Waals surface area contributed by atoms with Gasteiger partial charge in [0.15, 0.2) is 11.9 Å². The Hall–Kier alpha value is -0.690. The van der Waals surface area contributed by atoms with E-state index in [2.05, 4.69) is 13.8 Å². The quantitative estimate of drug-likeness (QED) is 0.545. The molecule has 0 aromatic rings. The van der Waals surface area contributed by atoms with Crippen LogP contribution in [0, 0.1) is 23.7 Å². The van der Waals surface area contributed by atoms with Crippen molar-refractivity contribution in [1.29, 1.82) is 0 Å². The van der Waals surface area contributed by atoms with E-state index in [4.69, 9.17) is 24.0 Å². The summed E-state index contributed by atoms with van der Waals surface area (Å²) in [5.74, 6) is -0.0347. The second-order valence-corrected chi connectivity index (χ2v) is 7.88. The molecule has 5 fully saturated rings. The van der Waals surface area contributed by atoms with Gasteiger partial charge in [0.25, 0.3) is 0 Å². The molecule has 0 amide bonds. The molecule has 1 aliphatic carbocycles. The van der Waals surface area contributed by atoms with Crippen LogP contribution in [0.25, 0.3) is 0 Å². The highest BCUT2D eigenvalue weighted by atomic mass is 17.3. The van der Waals surface area contributed by atoms with Crippen LogP contribution in [0.4, 0.5) is 0 Å². The summed E-state index contributed by atoms with van der Waals surface area (Å²) in [7, 11) is 0. The van der Waals surface area contributed by atoms with Crippen LogP contribution in [-0.4, -0.2) is 29.9 Å². The van der Waals surface area contributed by atoms with Gasteiger partial charge in [-0.3, -0.25) is 4.79 Å². The highest BCUT2D eigenvalue weighted by Gasteiger charge is 2.69. The van der Waals surface area contributed by atoms with E-state index in [1.54, 1.807) is 0 Å². The minimum Gasteiger partial charge on any atom is -0.436 e. The maximum atomic E-state index is 11.4. The van der Waals surface area contributed by atoms with Crippen molar-refractivity contribution in [3.63, 3.8) is 0 Å². The van der Waals surface area contributed by atoms with Crippen LogP contribution in [0.3, 0.4) is 0 Å². The Labute approximate surface area is 136 Å². The third-order valence-corrected chi connectivity index (χ3v) is 6.38. The summed E-state index contributed by atoms with van der Waals surface area (Å²) in [6.45, 7) is 7.64. The average molecular weight is 326 g/mol. The summed E-state index contributed by atoms with van der Waals surface area (Å²) in [5, 5.41) is 0. The molecule has 6 nitrogen and oxygen atoms in total. The fourth-order valence-corrected chi connectivity index (χ4v) is 5.17. The summed E-state index contributed by atoms with van der Waals surface area (Å²) in [6.07, 6.45) is 2.78. The first-order chi connectivity index (χ1) is 10.9. The Morgan fingerprint density at radius 1 is 1.13 bits per heavy atom. The Bertz CT molecular complexity index is 509. The Morgan fingerprint density at radius 3 is 2.65 bits per heavy atom. The van der Waals surface area contributed by atoms with Crippen LogP contribution in [0.15, 0.2) is 0 Å². The van der Waals surface area contributed by atoms with Gasteiger partial charge in [0.05, 0.1) is 0 Å². The van der Waals surface area contributed by atoms with Gasteiger partial charge in [-0.1, -0.05) is 13.8 Å². The minimum absolute atomic E-state index is 0.0415. The molecule has 4 saturated heterocycles. The highest BCUT2D eigenvalue weighted by Crippen LogP contribution is 2.60.